The zero-order chi connectivity index (χ0) is 25.3. The minimum absolute atomic E-state index is 0.0596. The molecule has 6 nitrogen and oxygen atoms in total. The van der Waals surface area contributed by atoms with E-state index < -0.39 is 23.0 Å². The molecule has 0 aliphatic carbocycles. The summed E-state index contributed by atoms with van der Waals surface area (Å²) in [7, 11) is 0. The molecule has 35 heavy (non-hydrogen) atoms. The van der Waals surface area contributed by atoms with Gasteiger partial charge >= 0.3 is 6.18 Å². The van der Waals surface area contributed by atoms with Crippen molar-refractivity contribution in [3.05, 3.63) is 86.7 Å². The van der Waals surface area contributed by atoms with Gasteiger partial charge in [0.05, 0.1) is 17.8 Å². The highest BCUT2D eigenvalue weighted by Crippen LogP contribution is 2.35. The van der Waals surface area contributed by atoms with Crippen LogP contribution >= 0.6 is 0 Å². The number of hydrogen-bond acceptors (Lipinski definition) is 4. The quantitative estimate of drug-likeness (QED) is 0.590. The van der Waals surface area contributed by atoms with Crippen LogP contribution in [0.4, 0.5) is 18.9 Å². The number of carbonyl (C=O) groups is 1. The molecule has 0 radical (unpaired) electrons. The first kappa shape index (κ1) is 24.5. The number of benzene rings is 2. The number of nitrogens with zero attached hydrogens (tertiary/aromatic N) is 2. The van der Waals surface area contributed by atoms with Crippen molar-refractivity contribution >= 4 is 11.6 Å². The Bertz CT molecular complexity index is 1310. The van der Waals surface area contributed by atoms with Gasteiger partial charge in [0.15, 0.2) is 0 Å². The number of amides is 1. The lowest BCUT2D eigenvalue weighted by Gasteiger charge is -2.27. The van der Waals surface area contributed by atoms with Gasteiger partial charge in [-0.05, 0) is 48.7 Å². The van der Waals surface area contributed by atoms with E-state index in [-0.39, 0.29) is 18.1 Å². The summed E-state index contributed by atoms with van der Waals surface area (Å²) >= 11 is 0. The number of nitrogen functional groups attached to an aromatic ring is 1. The fraction of sp³-hybridized carbons (Fsp3) is 0.308. The van der Waals surface area contributed by atoms with Gasteiger partial charge in [-0.15, -0.1) is 0 Å². The first-order valence-electron chi connectivity index (χ1n) is 11.3. The van der Waals surface area contributed by atoms with Crippen LogP contribution in [0.5, 0.6) is 0 Å². The number of alkyl halides is 3. The predicted molar refractivity (Wildman–Crippen MR) is 129 cm³/mol. The van der Waals surface area contributed by atoms with Crippen LogP contribution in [-0.4, -0.2) is 41.6 Å². The van der Waals surface area contributed by atoms with Gasteiger partial charge in [-0.3, -0.25) is 9.59 Å². The molecule has 3 aromatic rings. The van der Waals surface area contributed by atoms with Crippen molar-refractivity contribution in [3.8, 4) is 11.3 Å². The van der Waals surface area contributed by atoms with Crippen molar-refractivity contribution in [1.82, 2.24) is 14.8 Å². The largest absolute Gasteiger partial charge is 0.418 e. The Morgan fingerprint density at radius 3 is 2.29 bits per heavy atom. The second-order valence-corrected chi connectivity index (χ2v) is 8.80. The highest BCUT2D eigenvalue weighted by molar-refractivity contribution is 5.94. The number of rotatable bonds is 4. The first-order valence-corrected chi connectivity index (χ1v) is 11.3. The highest BCUT2D eigenvalue weighted by atomic mass is 19.4. The number of aryl methyl sites for hydroxylation is 2. The normalized spacial score (nSPS) is 14.3. The molecule has 1 fully saturated rings. The molecule has 9 heteroatoms. The Balaban J connectivity index is 1.79. The van der Waals surface area contributed by atoms with Gasteiger partial charge in [0.1, 0.15) is 5.69 Å². The van der Waals surface area contributed by atoms with E-state index in [1.54, 1.807) is 29.2 Å². The number of nitrogens with one attached hydrogen (secondary N) is 1. The van der Waals surface area contributed by atoms with E-state index in [1.165, 1.54) is 4.57 Å². The smallest absolute Gasteiger partial charge is 0.394 e. The molecular weight excluding hydrogens is 457 g/mol. The highest BCUT2D eigenvalue weighted by Gasteiger charge is 2.35. The maximum Gasteiger partial charge on any atom is 0.418 e. The Kier molecular flexibility index (Phi) is 6.71. The average Bonchev–Trinajstić information content (AvgIpc) is 2.83. The van der Waals surface area contributed by atoms with Crippen molar-refractivity contribution in [2.24, 2.45) is 0 Å². The molecule has 0 spiro atoms. The fourth-order valence-corrected chi connectivity index (χ4v) is 4.32. The SMILES string of the molecule is Cc1ccc(Cn2c(-c3ccc(C(=O)N4CCNCC4)cc3)cc(C(F)(F)F)c(N)c2=O)c(C)c1. The lowest BCUT2D eigenvalue weighted by Crippen LogP contribution is -2.46. The van der Waals surface area contributed by atoms with Gasteiger partial charge in [-0.2, -0.15) is 13.2 Å². The maximum absolute atomic E-state index is 13.7. The Morgan fingerprint density at radius 1 is 1.03 bits per heavy atom. The summed E-state index contributed by atoms with van der Waals surface area (Å²) in [5.41, 5.74) is 6.40. The second kappa shape index (κ2) is 9.58. The van der Waals surface area contributed by atoms with Crippen LogP contribution in [0.15, 0.2) is 53.3 Å². The lowest BCUT2D eigenvalue weighted by molar-refractivity contribution is -0.137. The summed E-state index contributed by atoms with van der Waals surface area (Å²) in [6.45, 7) is 6.47. The van der Waals surface area contributed by atoms with Crippen molar-refractivity contribution in [1.29, 1.82) is 0 Å². The molecule has 1 saturated heterocycles. The minimum atomic E-state index is -4.78. The Labute approximate surface area is 201 Å². The number of anilines is 1. The van der Waals surface area contributed by atoms with Gasteiger partial charge in [-0.1, -0.05) is 35.9 Å². The van der Waals surface area contributed by atoms with Crippen LogP contribution in [0.2, 0.25) is 0 Å². The van der Waals surface area contributed by atoms with Crippen LogP contribution in [0.3, 0.4) is 0 Å². The average molecular weight is 485 g/mol. The van der Waals surface area contributed by atoms with Gasteiger partial charge in [0.25, 0.3) is 11.5 Å². The molecule has 2 aromatic carbocycles. The molecule has 1 aliphatic heterocycles. The fourth-order valence-electron chi connectivity index (χ4n) is 4.32. The molecule has 0 unspecified atom stereocenters. The van der Waals surface area contributed by atoms with Crippen LogP contribution in [0, 0.1) is 13.8 Å². The number of hydrogen-bond donors (Lipinski definition) is 2. The zero-order valence-electron chi connectivity index (χ0n) is 19.6. The second-order valence-electron chi connectivity index (χ2n) is 8.80. The van der Waals surface area contributed by atoms with Crippen LogP contribution in [0.25, 0.3) is 11.3 Å². The Hall–Kier alpha value is -3.59. The molecule has 0 saturated carbocycles. The molecule has 0 atom stereocenters. The van der Waals surface area contributed by atoms with E-state index in [1.807, 2.05) is 32.0 Å². The molecule has 1 amide bonds. The van der Waals surface area contributed by atoms with Gasteiger partial charge in [0, 0.05) is 31.7 Å². The Morgan fingerprint density at radius 2 is 1.69 bits per heavy atom. The third-order valence-corrected chi connectivity index (χ3v) is 6.30. The van der Waals surface area contributed by atoms with Crippen LogP contribution in [0.1, 0.15) is 32.6 Å². The number of nitrogens with two attached hydrogens (primary N) is 1. The summed E-state index contributed by atoms with van der Waals surface area (Å²) in [6.07, 6.45) is -4.78. The third-order valence-electron chi connectivity index (χ3n) is 6.30. The summed E-state index contributed by atoms with van der Waals surface area (Å²) in [6, 6.07) is 12.9. The molecule has 3 N–H and O–H groups in total. The van der Waals surface area contributed by atoms with E-state index in [9.17, 15) is 22.8 Å². The zero-order valence-corrected chi connectivity index (χ0v) is 19.6. The first-order chi connectivity index (χ1) is 16.6. The number of aromatic nitrogens is 1. The molecule has 0 bridgehead atoms. The van der Waals surface area contributed by atoms with Crippen LogP contribution in [-0.2, 0) is 12.7 Å². The topological polar surface area (TPSA) is 80.4 Å². The summed E-state index contributed by atoms with van der Waals surface area (Å²) in [4.78, 5) is 27.6. The van der Waals surface area contributed by atoms with Crippen molar-refractivity contribution < 1.29 is 18.0 Å². The van der Waals surface area contributed by atoms with E-state index in [4.69, 9.17) is 5.73 Å². The van der Waals surface area contributed by atoms with Gasteiger partial charge in [0.2, 0.25) is 0 Å². The predicted octanol–water partition coefficient (Wildman–Crippen LogP) is 3.83. The maximum atomic E-state index is 13.7. The summed E-state index contributed by atoms with van der Waals surface area (Å²) < 4.78 is 42.3. The van der Waals surface area contributed by atoms with E-state index in [0.29, 0.717) is 37.3 Å². The lowest BCUT2D eigenvalue weighted by atomic mass is 10.0. The standard InChI is InChI=1S/C26H27F3N4O2/c1-16-3-4-20(17(2)13-16)15-33-22(14-21(26(27,28)29)23(30)25(33)35)18-5-7-19(8-6-18)24(34)32-11-9-31-10-12-32/h3-8,13-14,31H,9-12,15,30H2,1-2H3. The van der Waals surface area contributed by atoms with Gasteiger partial charge < -0.3 is 20.5 Å². The van der Waals surface area contributed by atoms with Crippen molar-refractivity contribution in [2.75, 3.05) is 31.9 Å². The van der Waals surface area contributed by atoms with Gasteiger partial charge in [-0.25, -0.2) is 0 Å². The molecule has 2 heterocycles. The minimum Gasteiger partial charge on any atom is -0.394 e. The number of carbonyl (C=O) groups excluding carboxylic acids is 1. The molecular formula is C26H27F3N4O2. The van der Waals surface area contributed by atoms with Crippen LogP contribution < -0.4 is 16.6 Å². The molecule has 1 aliphatic rings. The monoisotopic (exact) mass is 484 g/mol. The number of pyridine rings is 1. The summed E-state index contributed by atoms with van der Waals surface area (Å²) in [5, 5.41) is 3.18. The van der Waals surface area contributed by atoms with E-state index in [0.717, 1.165) is 22.8 Å². The molecule has 1 aromatic heterocycles. The van der Waals surface area contributed by atoms with Crippen molar-refractivity contribution in [3.63, 3.8) is 0 Å². The number of piperazine rings is 1. The molecule has 184 valence electrons. The third kappa shape index (κ3) is 5.09. The van der Waals surface area contributed by atoms with E-state index in [2.05, 4.69) is 5.32 Å². The van der Waals surface area contributed by atoms with E-state index >= 15 is 0 Å². The summed E-state index contributed by atoms with van der Waals surface area (Å²) in [5.74, 6) is -0.140. The number of halogens is 3. The molecule has 4 rings (SSSR count). The van der Waals surface area contributed by atoms with Crippen molar-refractivity contribution in [2.45, 2.75) is 26.6 Å².